The maximum atomic E-state index is 3.68. The lowest BCUT2D eigenvalue weighted by Gasteiger charge is -2.36. The molecule has 0 aliphatic heterocycles. The molecular weight excluding hydrogens is 238 g/mol. The average molecular weight is 263 g/mol. The van der Waals surface area contributed by atoms with Crippen molar-refractivity contribution in [1.29, 1.82) is 0 Å². The number of hydrogen-bond acceptors (Lipinski definition) is 2. The van der Waals surface area contributed by atoms with Gasteiger partial charge in [-0.05, 0) is 43.9 Å². The van der Waals surface area contributed by atoms with Crippen LogP contribution in [0.3, 0.4) is 0 Å². The van der Waals surface area contributed by atoms with Gasteiger partial charge in [0.25, 0.3) is 0 Å². The van der Waals surface area contributed by atoms with E-state index in [2.05, 4.69) is 61.3 Å². The molecule has 0 heterocycles. The van der Waals surface area contributed by atoms with Gasteiger partial charge in [-0.1, -0.05) is 38.5 Å². The Kier molecular flexibility index (Phi) is 5.58. The molecule has 18 heavy (non-hydrogen) atoms. The summed E-state index contributed by atoms with van der Waals surface area (Å²) in [6.07, 6.45) is 5.45. The molecule has 0 saturated heterocycles. The van der Waals surface area contributed by atoms with E-state index in [0.29, 0.717) is 6.04 Å². The molecule has 1 fully saturated rings. The fourth-order valence-electron chi connectivity index (χ4n) is 2.88. The van der Waals surface area contributed by atoms with Crippen molar-refractivity contribution >= 4 is 11.8 Å². The van der Waals surface area contributed by atoms with Crippen LogP contribution in [0.4, 0.5) is 0 Å². The van der Waals surface area contributed by atoms with E-state index in [4.69, 9.17) is 0 Å². The van der Waals surface area contributed by atoms with E-state index in [1.165, 1.54) is 30.6 Å². The van der Waals surface area contributed by atoms with Gasteiger partial charge in [0.15, 0.2) is 0 Å². The van der Waals surface area contributed by atoms with Gasteiger partial charge in [0.2, 0.25) is 0 Å². The van der Waals surface area contributed by atoms with Crippen molar-refractivity contribution in [2.24, 2.45) is 5.92 Å². The molecule has 3 unspecified atom stereocenters. The molecule has 0 bridgehead atoms. The zero-order valence-electron chi connectivity index (χ0n) is 11.6. The first-order valence-corrected chi connectivity index (χ1v) is 8.16. The maximum absolute atomic E-state index is 3.68. The molecular formula is C16H25NS. The predicted molar refractivity (Wildman–Crippen MR) is 81.2 cm³/mol. The van der Waals surface area contributed by atoms with Gasteiger partial charge >= 0.3 is 0 Å². The van der Waals surface area contributed by atoms with Crippen molar-refractivity contribution in [1.82, 2.24) is 5.32 Å². The van der Waals surface area contributed by atoms with Crippen molar-refractivity contribution in [3.05, 3.63) is 30.3 Å². The van der Waals surface area contributed by atoms with Crippen molar-refractivity contribution < 1.29 is 0 Å². The summed E-state index contributed by atoms with van der Waals surface area (Å²) in [5.74, 6) is 0.932. The molecule has 2 rings (SSSR count). The third-order valence-corrected chi connectivity index (χ3v) is 5.34. The van der Waals surface area contributed by atoms with E-state index >= 15 is 0 Å². The molecule has 1 saturated carbocycles. The Morgan fingerprint density at radius 1 is 1.17 bits per heavy atom. The quantitative estimate of drug-likeness (QED) is 0.848. The molecule has 0 spiro atoms. The van der Waals surface area contributed by atoms with Gasteiger partial charge in [0.1, 0.15) is 0 Å². The van der Waals surface area contributed by atoms with Crippen LogP contribution >= 0.6 is 11.8 Å². The van der Waals surface area contributed by atoms with Gasteiger partial charge in [-0.25, -0.2) is 0 Å². The van der Waals surface area contributed by atoms with Crippen LogP contribution in [-0.4, -0.2) is 17.8 Å². The molecule has 0 aromatic heterocycles. The zero-order chi connectivity index (χ0) is 12.8. The molecule has 3 atom stereocenters. The zero-order valence-corrected chi connectivity index (χ0v) is 12.4. The van der Waals surface area contributed by atoms with Crippen molar-refractivity contribution in [3.63, 3.8) is 0 Å². The molecule has 1 aromatic carbocycles. The van der Waals surface area contributed by atoms with Gasteiger partial charge < -0.3 is 5.32 Å². The maximum Gasteiger partial charge on any atom is 0.0251 e. The second-order valence-electron chi connectivity index (χ2n) is 5.22. The van der Waals surface area contributed by atoms with Crippen molar-refractivity contribution in [3.8, 4) is 0 Å². The highest BCUT2D eigenvalue weighted by Gasteiger charge is 2.29. The lowest BCUT2D eigenvalue weighted by molar-refractivity contribution is 0.298. The highest BCUT2D eigenvalue weighted by atomic mass is 32.2. The first-order valence-electron chi connectivity index (χ1n) is 7.28. The Morgan fingerprint density at radius 3 is 2.61 bits per heavy atom. The molecule has 1 aliphatic carbocycles. The van der Waals surface area contributed by atoms with Crippen LogP contribution in [0.1, 0.15) is 39.5 Å². The van der Waals surface area contributed by atoms with E-state index in [-0.39, 0.29) is 0 Å². The summed E-state index contributed by atoms with van der Waals surface area (Å²) < 4.78 is 0. The Morgan fingerprint density at radius 2 is 1.94 bits per heavy atom. The lowest BCUT2D eigenvalue weighted by atomic mass is 9.84. The Hall–Kier alpha value is -0.470. The summed E-state index contributed by atoms with van der Waals surface area (Å²) in [4.78, 5) is 1.42. The molecule has 1 aliphatic rings. The monoisotopic (exact) mass is 263 g/mol. The number of hydrogen-bond donors (Lipinski definition) is 1. The molecule has 100 valence electrons. The van der Waals surface area contributed by atoms with Crippen LogP contribution in [0.2, 0.25) is 0 Å². The fourth-order valence-corrected chi connectivity index (χ4v) is 4.31. The predicted octanol–water partition coefficient (Wildman–Crippen LogP) is 4.34. The van der Waals surface area contributed by atoms with E-state index in [1.807, 2.05) is 0 Å². The Bertz CT molecular complexity index is 338. The minimum Gasteiger partial charge on any atom is -0.313 e. The second-order valence-corrected chi connectivity index (χ2v) is 6.53. The average Bonchev–Trinajstić information content (AvgIpc) is 2.42. The Balaban J connectivity index is 2.00. The van der Waals surface area contributed by atoms with Crippen LogP contribution in [0.15, 0.2) is 35.2 Å². The first kappa shape index (κ1) is 14.0. The van der Waals surface area contributed by atoms with E-state index in [1.54, 1.807) is 0 Å². The molecule has 0 amide bonds. The van der Waals surface area contributed by atoms with Gasteiger partial charge in [0, 0.05) is 16.2 Å². The summed E-state index contributed by atoms with van der Waals surface area (Å²) >= 11 is 2.07. The Labute approximate surface area is 116 Å². The van der Waals surface area contributed by atoms with E-state index < -0.39 is 0 Å². The fraction of sp³-hybridized carbons (Fsp3) is 0.625. The van der Waals surface area contributed by atoms with Crippen molar-refractivity contribution in [2.45, 2.75) is 55.7 Å². The number of nitrogens with one attached hydrogen (secondary N) is 1. The minimum atomic E-state index is 0.697. The van der Waals surface area contributed by atoms with E-state index in [0.717, 1.165) is 17.7 Å². The van der Waals surface area contributed by atoms with Gasteiger partial charge in [-0.15, -0.1) is 11.8 Å². The summed E-state index contributed by atoms with van der Waals surface area (Å²) in [6.45, 7) is 5.64. The van der Waals surface area contributed by atoms with Crippen LogP contribution < -0.4 is 5.32 Å². The number of benzene rings is 1. The van der Waals surface area contributed by atoms with Gasteiger partial charge in [-0.3, -0.25) is 0 Å². The number of thioether (sulfide) groups is 1. The third-order valence-electron chi connectivity index (χ3n) is 3.97. The van der Waals surface area contributed by atoms with Crippen LogP contribution in [-0.2, 0) is 0 Å². The summed E-state index contributed by atoms with van der Waals surface area (Å²) in [5, 5.41) is 4.42. The second kappa shape index (κ2) is 7.20. The molecule has 1 N–H and O–H groups in total. The van der Waals surface area contributed by atoms with Crippen LogP contribution in [0, 0.1) is 5.92 Å². The van der Waals surface area contributed by atoms with Gasteiger partial charge in [-0.2, -0.15) is 0 Å². The summed E-state index contributed by atoms with van der Waals surface area (Å²) in [6, 6.07) is 11.6. The first-order chi connectivity index (χ1) is 8.83. The highest BCUT2D eigenvalue weighted by Crippen LogP contribution is 2.37. The minimum absolute atomic E-state index is 0.697. The SMILES string of the molecule is CCNC1CCC(CC)CC1Sc1ccccc1. The standard InChI is InChI=1S/C16H25NS/c1-3-13-10-11-15(17-4-2)16(12-13)18-14-8-6-5-7-9-14/h5-9,13,15-17H,3-4,10-12H2,1-2H3. The van der Waals surface area contributed by atoms with E-state index in [9.17, 15) is 0 Å². The topological polar surface area (TPSA) is 12.0 Å². The lowest BCUT2D eigenvalue weighted by Crippen LogP contribution is -2.42. The smallest absolute Gasteiger partial charge is 0.0251 e. The van der Waals surface area contributed by atoms with Crippen LogP contribution in [0.5, 0.6) is 0 Å². The van der Waals surface area contributed by atoms with Gasteiger partial charge in [0.05, 0.1) is 0 Å². The largest absolute Gasteiger partial charge is 0.313 e. The van der Waals surface area contributed by atoms with Crippen LogP contribution in [0.25, 0.3) is 0 Å². The molecule has 2 heteroatoms. The molecule has 1 aromatic rings. The summed E-state index contributed by atoms with van der Waals surface area (Å²) in [5.41, 5.74) is 0. The summed E-state index contributed by atoms with van der Waals surface area (Å²) in [7, 11) is 0. The number of rotatable bonds is 5. The highest BCUT2D eigenvalue weighted by molar-refractivity contribution is 8.00. The normalized spacial score (nSPS) is 28.2. The third kappa shape index (κ3) is 3.76. The molecule has 0 radical (unpaired) electrons. The van der Waals surface area contributed by atoms with Crippen molar-refractivity contribution in [2.75, 3.05) is 6.54 Å². The molecule has 1 nitrogen and oxygen atoms in total.